The molecule has 1 aliphatic rings. The van der Waals surface area contributed by atoms with E-state index in [9.17, 15) is 13.2 Å². The summed E-state index contributed by atoms with van der Waals surface area (Å²) in [6.07, 6.45) is -5.04. The zero-order chi connectivity index (χ0) is 13.1. The van der Waals surface area contributed by atoms with Crippen LogP contribution in [0.2, 0.25) is 0 Å². The molecule has 0 aromatic rings. The fourth-order valence-corrected chi connectivity index (χ4v) is 1.96. The van der Waals surface area contributed by atoms with Gasteiger partial charge in [0, 0.05) is 19.6 Å². The van der Waals surface area contributed by atoms with Crippen LogP contribution in [0, 0.1) is 0 Å². The molecule has 1 fully saturated rings. The first-order chi connectivity index (χ1) is 7.79. The molecule has 3 nitrogen and oxygen atoms in total. The molecule has 0 amide bonds. The lowest BCUT2D eigenvalue weighted by Gasteiger charge is -2.34. The Bertz CT molecular complexity index is 225. The highest BCUT2D eigenvalue weighted by Gasteiger charge is 2.39. The van der Waals surface area contributed by atoms with Crippen molar-refractivity contribution >= 4 is 0 Å². The van der Waals surface area contributed by atoms with Gasteiger partial charge in [-0.25, -0.2) is 0 Å². The van der Waals surface area contributed by atoms with Crippen LogP contribution in [0.15, 0.2) is 0 Å². The molecule has 1 rings (SSSR count). The zero-order valence-electron chi connectivity index (χ0n) is 10.2. The Morgan fingerprint density at radius 2 is 1.82 bits per heavy atom. The molecule has 1 heterocycles. The molecule has 6 heteroatoms. The van der Waals surface area contributed by atoms with Crippen molar-refractivity contribution < 1.29 is 23.0 Å². The Kier molecular flexibility index (Phi) is 5.22. The van der Waals surface area contributed by atoms with Gasteiger partial charge in [-0.2, -0.15) is 13.2 Å². The number of alkyl halides is 3. The topological polar surface area (TPSA) is 32.7 Å². The van der Waals surface area contributed by atoms with E-state index >= 15 is 0 Å². The van der Waals surface area contributed by atoms with Gasteiger partial charge in [-0.15, -0.1) is 0 Å². The average molecular weight is 255 g/mol. The highest BCUT2D eigenvalue weighted by molar-refractivity contribution is 4.77. The number of rotatable bonds is 4. The second kappa shape index (κ2) is 6.02. The van der Waals surface area contributed by atoms with E-state index in [4.69, 9.17) is 9.84 Å². The predicted molar refractivity (Wildman–Crippen MR) is 57.7 cm³/mol. The largest absolute Gasteiger partial charge is 0.415 e. The highest BCUT2D eigenvalue weighted by atomic mass is 19.4. The molecule has 0 aromatic heterocycles. The molecule has 1 saturated heterocycles. The molecule has 0 radical (unpaired) electrons. The molecule has 1 N–H and O–H groups in total. The summed E-state index contributed by atoms with van der Waals surface area (Å²) in [6, 6.07) is 0. The summed E-state index contributed by atoms with van der Waals surface area (Å²) in [5.74, 6) is 0. The van der Waals surface area contributed by atoms with Crippen LogP contribution < -0.4 is 0 Å². The number of nitrogens with zero attached hydrogens (tertiary/aromatic N) is 1. The molecular weight excluding hydrogens is 235 g/mol. The third kappa shape index (κ3) is 5.23. The van der Waals surface area contributed by atoms with E-state index in [0.29, 0.717) is 13.1 Å². The monoisotopic (exact) mass is 255 g/mol. The predicted octanol–water partition coefficient (Wildman–Crippen LogP) is 1.80. The quantitative estimate of drug-likeness (QED) is 0.831. The van der Waals surface area contributed by atoms with Gasteiger partial charge in [0.15, 0.2) is 6.10 Å². The molecule has 1 aliphatic heterocycles. The van der Waals surface area contributed by atoms with Crippen molar-refractivity contribution in [2.45, 2.75) is 51.2 Å². The van der Waals surface area contributed by atoms with E-state index in [2.05, 4.69) is 0 Å². The molecule has 0 unspecified atom stereocenters. The maximum atomic E-state index is 12.2. The normalized spacial score (nSPS) is 22.1. The summed E-state index contributed by atoms with van der Waals surface area (Å²) in [5, 5.41) is 8.95. The molecule has 17 heavy (non-hydrogen) atoms. The first-order valence-electron chi connectivity index (χ1n) is 5.91. The fraction of sp³-hybridized carbons (Fsp3) is 1.00. The van der Waals surface area contributed by atoms with Crippen molar-refractivity contribution in [2.24, 2.45) is 0 Å². The van der Waals surface area contributed by atoms with Crippen LogP contribution in [0.5, 0.6) is 0 Å². The van der Waals surface area contributed by atoms with Crippen LogP contribution in [0.1, 0.15) is 26.7 Å². The third-order valence-corrected chi connectivity index (χ3v) is 2.81. The standard InChI is InChI=1S/C11H20F3NO2/c1-8(2)17-9-3-5-15(6-4-9)7-10(16)11(12,13)14/h8-10,16H,3-7H2,1-2H3/t10-/m1/s1. The summed E-state index contributed by atoms with van der Waals surface area (Å²) in [5.41, 5.74) is 0. The number of hydrogen-bond donors (Lipinski definition) is 1. The number of halogens is 3. The second-order valence-electron chi connectivity index (χ2n) is 4.74. The Balaban J connectivity index is 2.28. The van der Waals surface area contributed by atoms with Crippen LogP contribution in [0.3, 0.4) is 0 Å². The van der Waals surface area contributed by atoms with E-state index in [0.717, 1.165) is 12.8 Å². The lowest BCUT2D eigenvalue weighted by atomic mass is 10.1. The number of piperidine rings is 1. The smallest absolute Gasteiger partial charge is 0.382 e. The van der Waals surface area contributed by atoms with Gasteiger partial charge in [0.25, 0.3) is 0 Å². The number of likely N-dealkylation sites (tertiary alicyclic amines) is 1. The third-order valence-electron chi connectivity index (χ3n) is 2.81. The van der Waals surface area contributed by atoms with E-state index in [-0.39, 0.29) is 18.8 Å². The average Bonchev–Trinajstić information content (AvgIpc) is 2.18. The van der Waals surface area contributed by atoms with Crippen molar-refractivity contribution in [1.82, 2.24) is 4.90 Å². The minimum absolute atomic E-state index is 0.134. The van der Waals surface area contributed by atoms with Gasteiger partial charge >= 0.3 is 6.18 Å². The second-order valence-corrected chi connectivity index (χ2v) is 4.74. The Hall–Kier alpha value is -0.330. The first-order valence-corrected chi connectivity index (χ1v) is 5.91. The van der Waals surface area contributed by atoms with Crippen LogP contribution in [0.4, 0.5) is 13.2 Å². The number of aliphatic hydroxyl groups is 1. The van der Waals surface area contributed by atoms with E-state index in [1.807, 2.05) is 13.8 Å². The Labute approximate surface area is 99.5 Å². The fourth-order valence-electron chi connectivity index (χ4n) is 1.96. The van der Waals surface area contributed by atoms with Gasteiger partial charge in [-0.05, 0) is 26.7 Å². The number of hydrogen-bond acceptors (Lipinski definition) is 3. The van der Waals surface area contributed by atoms with E-state index in [1.54, 1.807) is 4.90 Å². The van der Waals surface area contributed by atoms with E-state index < -0.39 is 12.3 Å². The number of ether oxygens (including phenoxy) is 1. The highest BCUT2D eigenvalue weighted by Crippen LogP contribution is 2.22. The van der Waals surface area contributed by atoms with Crippen LogP contribution in [-0.2, 0) is 4.74 Å². The van der Waals surface area contributed by atoms with Gasteiger partial charge < -0.3 is 14.7 Å². The van der Waals surface area contributed by atoms with Crippen LogP contribution >= 0.6 is 0 Å². The van der Waals surface area contributed by atoms with E-state index in [1.165, 1.54) is 0 Å². The molecule has 0 saturated carbocycles. The lowest BCUT2D eigenvalue weighted by molar-refractivity contribution is -0.209. The Morgan fingerprint density at radius 3 is 2.24 bits per heavy atom. The van der Waals surface area contributed by atoms with Crippen LogP contribution in [-0.4, -0.2) is 54.1 Å². The van der Waals surface area contributed by atoms with Gasteiger partial charge in [0.05, 0.1) is 12.2 Å². The minimum Gasteiger partial charge on any atom is -0.382 e. The van der Waals surface area contributed by atoms with Crippen molar-refractivity contribution in [3.05, 3.63) is 0 Å². The van der Waals surface area contributed by atoms with Crippen molar-refractivity contribution in [1.29, 1.82) is 0 Å². The molecule has 0 bridgehead atoms. The SMILES string of the molecule is CC(C)OC1CCN(C[C@@H](O)C(F)(F)F)CC1. The summed E-state index contributed by atoms with van der Waals surface area (Å²) in [6.45, 7) is 4.65. The van der Waals surface area contributed by atoms with Gasteiger partial charge in [0.2, 0.25) is 0 Å². The van der Waals surface area contributed by atoms with Gasteiger partial charge in [-0.3, -0.25) is 0 Å². The van der Waals surface area contributed by atoms with Crippen molar-refractivity contribution in [3.8, 4) is 0 Å². The number of β-amino-alcohol motifs (C(OH)–C–C–N with tert-alkyl or cyclic N) is 1. The maximum Gasteiger partial charge on any atom is 0.415 e. The molecule has 0 spiro atoms. The lowest BCUT2D eigenvalue weighted by Crippen LogP contribution is -2.45. The summed E-state index contributed by atoms with van der Waals surface area (Å²) >= 11 is 0. The molecule has 1 atom stereocenters. The summed E-state index contributed by atoms with van der Waals surface area (Å²) in [4.78, 5) is 1.64. The molecule has 0 aliphatic carbocycles. The van der Waals surface area contributed by atoms with Gasteiger partial charge in [0.1, 0.15) is 0 Å². The number of aliphatic hydroxyl groups excluding tert-OH is 1. The van der Waals surface area contributed by atoms with Crippen molar-refractivity contribution in [2.75, 3.05) is 19.6 Å². The molecular formula is C11H20F3NO2. The zero-order valence-corrected chi connectivity index (χ0v) is 10.2. The maximum absolute atomic E-state index is 12.2. The van der Waals surface area contributed by atoms with Crippen LogP contribution in [0.25, 0.3) is 0 Å². The van der Waals surface area contributed by atoms with Gasteiger partial charge in [-0.1, -0.05) is 0 Å². The Morgan fingerprint density at radius 1 is 1.29 bits per heavy atom. The molecule has 0 aromatic carbocycles. The first kappa shape index (κ1) is 14.7. The van der Waals surface area contributed by atoms with Crippen molar-refractivity contribution in [3.63, 3.8) is 0 Å². The molecule has 102 valence electrons. The summed E-state index contributed by atoms with van der Waals surface area (Å²) < 4.78 is 42.1. The minimum atomic E-state index is -4.52. The summed E-state index contributed by atoms with van der Waals surface area (Å²) in [7, 11) is 0.